The van der Waals surface area contributed by atoms with Gasteiger partial charge in [0.1, 0.15) is 29.5 Å². The van der Waals surface area contributed by atoms with Gasteiger partial charge in [-0.05, 0) is 101 Å². The molecule has 3 fully saturated rings. The van der Waals surface area contributed by atoms with E-state index in [0.29, 0.717) is 74.1 Å². The Bertz CT molecular complexity index is 2920. The number of methoxy groups -OCH3 is 1. The monoisotopic (exact) mass is 1150 g/mol. The number of aliphatic hydroxyl groups is 1. The number of amides is 4. The van der Waals surface area contributed by atoms with Gasteiger partial charge in [-0.15, -0.1) is 0 Å². The first-order valence-corrected chi connectivity index (χ1v) is 25.4. The van der Waals surface area contributed by atoms with Crippen molar-refractivity contribution in [2.24, 2.45) is 10.8 Å². The van der Waals surface area contributed by atoms with Crippen molar-refractivity contribution in [1.29, 1.82) is 0 Å². The van der Waals surface area contributed by atoms with Crippen LogP contribution in [-0.4, -0.2) is 149 Å². The molecule has 438 valence electrons. The largest absolute Gasteiger partial charge is 0.465 e. The molecule has 4 amide bonds. The fourth-order valence-corrected chi connectivity index (χ4v) is 9.73. The lowest BCUT2D eigenvalue weighted by Gasteiger charge is -2.47. The summed E-state index contributed by atoms with van der Waals surface area (Å²) in [6.07, 6.45) is -15.0. The number of alkyl halides is 8. The van der Waals surface area contributed by atoms with E-state index in [1.807, 2.05) is 22.9 Å². The Morgan fingerprint density at radius 2 is 1.36 bits per heavy atom. The number of hydrogen-bond donors (Lipinski definition) is 6. The molecule has 0 radical (unpaired) electrons. The van der Waals surface area contributed by atoms with Crippen LogP contribution in [0.5, 0.6) is 0 Å². The van der Waals surface area contributed by atoms with Crippen molar-refractivity contribution in [2.45, 2.75) is 115 Å². The highest BCUT2D eigenvalue weighted by molar-refractivity contribution is 5.87. The SMILES string of the molecule is COC(=O)NC(C(=O)NC(Cc1ccc(C#Cc2ccc(N3CC4CCC(C3)N4C3COC3)nc2)cc1)C(O)CN(Cc1c(F)cc(-c2ccc(C(F)F)cn2)cc1F)NC(=O)C(NC(=O)O)C(C)(C)C(F)(F)F)C(C)(C)C(F)(F)F. The minimum absolute atomic E-state index is 0.178. The number of piperazine rings is 1. The Labute approximate surface area is 458 Å². The molecule has 7 rings (SSSR count). The minimum atomic E-state index is -5.28. The number of nitrogens with zero attached hydrogens (tertiary/aromatic N) is 5. The molecule has 0 spiro atoms. The van der Waals surface area contributed by atoms with E-state index in [2.05, 4.69) is 41.7 Å². The summed E-state index contributed by atoms with van der Waals surface area (Å²) in [5.41, 5.74) is -4.88. The molecule has 6 unspecified atom stereocenters. The molecule has 3 aliphatic heterocycles. The average Bonchev–Trinajstić information content (AvgIpc) is 3.68. The number of aliphatic hydroxyl groups excluding tert-OH is 1. The predicted molar refractivity (Wildman–Crippen MR) is 271 cm³/mol. The molecule has 0 saturated carbocycles. The van der Waals surface area contributed by atoms with Crippen LogP contribution in [-0.2, 0) is 32.0 Å². The van der Waals surface area contributed by atoms with E-state index in [1.54, 1.807) is 6.20 Å². The van der Waals surface area contributed by atoms with Crippen LogP contribution in [0.15, 0.2) is 73.1 Å². The summed E-state index contributed by atoms with van der Waals surface area (Å²) >= 11 is 0. The van der Waals surface area contributed by atoms with E-state index >= 15 is 8.78 Å². The second-order valence-electron chi connectivity index (χ2n) is 21.1. The van der Waals surface area contributed by atoms with E-state index in [9.17, 15) is 64.5 Å². The molecule has 2 aromatic carbocycles. The molecule has 27 heteroatoms. The zero-order chi connectivity index (χ0) is 59.4. The number of benzene rings is 2. The van der Waals surface area contributed by atoms with Gasteiger partial charge in [-0.2, -0.15) is 26.3 Å². The quantitative estimate of drug-likeness (QED) is 0.0311. The molecule has 2 aromatic heterocycles. The molecular weight excluding hydrogens is 1090 g/mol. The van der Waals surface area contributed by atoms with Crippen LogP contribution in [0.2, 0.25) is 0 Å². The second kappa shape index (κ2) is 24.8. The number of alkyl carbamates (subject to hydrolysis) is 1. The molecular formula is C54H59F10N9O8. The lowest BCUT2D eigenvalue weighted by molar-refractivity contribution is -0.221. The van der Waals surface area contributed by atoms with Gasteiger partial charge in [0.25, 0.3) is 12.3 Å². The van der Waals surface area contributed by atoms with Gasteiger partial charge in [0.2, 0.25) is 5.91 Å². The van der Waals surface area contributed by atoms with Crippen molar-refractivity contribution in [3.8, 4) is 23.1 Å². The number of carbonyl (C=O) groups is 4. The molecule has 5 heterocycles. The van der Waals surface area contributed by atoms with E-state index in [-0.39, 0.29) is 16.8 Å². The lowest BCUT2D eigenvalue weighted by atomic mass is 9.82. The van der Waals surface area contributed by atoms with Crippen molar-refractivity contribution in [3.63, 3.8) is 0 Å². The van der Waals surface area contributed by atoms with Crippen LogP contribution in [0.3, 0.4) is 0 Å². The highest BCUT2D eigenvalue weighted by Gasteiger charge is 2.57. The number of rotatable bonds is 19. The normalized spacial score (nSPS) is 18.5. The van der Waals surface area contributed by atoms with Gasteiger partial charge in [0.05, 0.1) is 55.0 Å². The van der Waals surface area contributed by atoms with E-state index < -0.39 is 120 Å². The van der Waals surface area contributed by atoms with Crippen LogP contribution < -0.4 is 26.3 Å². The first kappa shape index (κ1) is 61.3. The number of carbonyl (C=O) groups excluding carboxylic acids is 3. The molecule has 4 aromatic rings. The number of anilines is 1. The summed E-state index contributed by atoms with van der Waals surface area (Å²) in [5.74, 6) is 0.713. The Morgan fingerprint density at radius 1 is 0.778 bits per heavy atom. The molecule has 17 nitrogen and oxygen atoms in total. The summed E-state index contributed by atoms with van der Waals surface area (Å²) in [5, 5.41) is 27.6. The van der Waals surface area contributed by atoms with Crippen molar-refractivity contribution in [2.75, 3.05) is 44.9 Å². The van der Waals surface area contributed by atoms with Crippen LogP contribution in [0.4, 0.5) is 59.3 Å². The molecule has 6 atom stereocenters. The summed E-state index contributed by atoms with van der Waals surface area (Å²) in [6.45, 7) is 2.98. The number of hydrazine groups is 1. The number of hydrogen-bond acceptors (Lipinski definition) is 12. The van der Waals surface area contributed by atoms with Gasteiger partial charge in [0.15, 0.2) is 0 Å². The van der Waals surface area contributed by atoms with Gasteiger partial charge in [0, 0.05) is 78.5 Å². The van der Waals surface area contributed by atoms with E-state index in [0.717, 1.165) is 70.4 Å². The van der Waals surface area contributed by atoms with E-state index in [1.165, 1.54) is 29.6 Å². The standard InChI is InChI=1S/C54H59F10N9O8/c1-51(2,53(59,60)61)44(69-50(79)80-5)47(75)67-41(18-30-9-6-29(7-10-30)8-11-31-12-17-43(66-21-31)71-23-34-14-15-35(24-71)73(34)36-27-81-28-36)42(74)26-72(70-48(76)45(68-49(77)78)52(3,4)54(62,63)64)25-37-38(55)19-33(20-39(37)56)40-16-13-32(22-65-40)46(57)58/h6-7,9-10,12-13,16-17,19-22,34-36,41-42,44-46,68,74H,14-15,18,23-28H2,1-5H3,(H,67,75)(H,69,79)(H,70,76)(H,77,78). The summed E-state index contributed by atoms with van der Waals surface area (Å²) in [4.78, 5) is 65.4. The number of fused-ring (bicyclic) bond motifs is 2. The third kappa shape index (κ3) is 14.4. The van der Waals surface area contributed by atoms with Gasteiger partial charge in [-0.3, -0.25) is 24.9 Å². The van der Waals surface area contributed by atoms with Gasteiger partial charge in [-0.25, -0.2) is 37.1 Å². The molecule has 81 heavy (non-hydrogen) atoms. The van der Waals surface area contributed by atoms with Gasteiger partial charge in [-0.1, -0.05) is 24.0 Å². The smallest absolute Gasteiger partial charge is 0.407 e. The maximum atomic E-state index is 16.1. The zero-order valence-corrected chi connectivity index (χ0v) is 44.3. The highest BCUT2D eigenvalue weighted by Crippen LogP contribution is 2.42. The Morgan fingerprint density at radius 3 is 1.85 bits per heavy atom. The summed E-state index contributed by atoms with van der Waals surface area (Å²) in [6, 6.07) is 7.48. The maximum absolute atomic E-state index is 16.1. The van der Waals surface area contributed by atoms with Crippen LogP contribution >= 0.6 is 0 Å². The number of nitrogens with one attached hydrogen (secondary N) is 4. The lowest BCUT2D eigenvalue weighted by Crippen LogP contribution is -2.63. The molecule has 0 aliphatic carbocycles. The van der Waals surface area contributed by atoms with E-state index in [4.69, 9.17) is 4.74 Å². The Hall–Kier alpha value is -7.28. The Kier molecular flexibility index (Phi) is 18.8. The molecule has 2 bridgehead atoms. The zero-order valence-electron chi connectivity index (χ0n) is 44.3. The predicted octanol–water partition coefficient (Wildman–Crippen LogP) is 7.27. The first-order chi connectivity index (χ1) is 38.0. The number of halogens is 10. The van der Waals surface area contributed by atoms with Crippen molar-refractivity contribution < 1.29 is 82.8 Å². The molecule has 3 saturated heterocycles. The highest BCUT2D eigenvalue weighted by atomic mass is 19.4. The third-order valence-electron chi connectivity index (χ3n) is 14.8. The van der Waals surface area contributed by atoms with Gasteiger partial charge >= 0.3 is 24.5 Å². The fraction of sp³-hybridized carbons (Fsp3) is 0.481. The average molecular weight is 1150 g/mol. The molecule has 6 N–H and O–H groups in total. The number of pyridine rings is 2. The fourth-order valence-electron chi connectivity index (χ4n) is 9.73. The number of ether oxygens (including phenoxy) is 2. The number of aromatic nitrogens is 2. The second-order valence-corrected chi connectivity index (χ2v) is 21.1. The van der Waals surface area contributed by atoms with Crippen molar-refractivity contribution in [1.82, 2.24) is 41.3 Å². The molecule has 3 aliphatic rings. The topological polar surface area (TPSA) is 211 Å². The minimum Gasteiger partial charge on any atom is -0.465 e. The maximum Gasteiger partial charge on any atom is 0.407 e. The summed E-state index contributed by atoms with van der Waals surface area (Å²) < 4.78 is 155. The summed E-state index contributed by atoms with van der Waals surface area (Å²) in [7, 11) is 0.815. The van der Waals surface area contributed by atoms with Gasteiger partial charge < -0.3 is 40.5 Å². The van der Waals surface area contributed by atoms with Crippen LogP contribution in [0.25, 0.3) is 11.3 Å². The van der Waals surface area contributed by atoms with Crippen molar-refractivity contribution >= 4 is 29.8 Å². The first-order valence-electron chi connectivity index (χ1n) is 25.4. The van der Waals surface area contributed by atoms with Crippen LogP contribution in [0, 0.1) is 34.3 Å². The number of carboxylic acid groups (broad SMARTS) is 1. The Balaban J connectivity index is 1.18. The third-order valence-corrected chi connectivity index (χ3v) is 14.8. The van der Waals surface area contributed by atoms with Crippen LogP contribution in [0.1, 0.15) is 74.8 Å². The van der Waals surface area contributed by atoms with Crippen molar-refractivity contribution in [3.05, 3.63) is 113 Å².